The van der Waals surface area contributed by atoms with E-state index in [4.69, 9.17) is 0 Å². The van der Waals surface area contributed by atoms with Gasteiger partial charge in [0, 0.05) is 39.0 Å². The monoisotopic (exact) mass is 234 g/mol. The maximum atomic E-state index is 4.27. The third kappa shape index (κ3) is 2.91. The minimum absolute atomic E-state index is 0.748. The zero-order valence-corrected chi connectivity index (χ0v) is 10.3. The van der Waals surface area contributed by atoms with Gasteiger partial charge in [-0.25, -0.2) is 14.6 Å². The first-order valence-electron chi connectivity index (χ1n) is 5.85. The maximum Gasteiger partial charge on any atom is 0.140 e. The third-order valence-corrected chi connectivity index (χ3v) is 2.72. The van der Waals surface area contributed by atoms with Crippen LogP contribution in [0.15, 0.2) is 18.7 Å². The Morgan fingerprint density at radius 3 is 2.88 bits per heavy atom. The Bertz CT molecular complexity index is 458. The van der Waals surface area contributed by atoms with Gasteiger partial charge < -0.3 is 9.88 Å². The second kappa shape index (κ2) is 5.58. The van der Waals surface area contributed by atoms with Crippen molar-refractivity contribution < 1.29 is 0 Å². The lowest BCUT2D eigenvalue weighted by atomic mass is 10.4. The molecule has 0 saturated carbocycles. The van der Waals surface area contributed by atoms with Crippen LogP contribution in [0.25, 0.3) is 0 Å². The molecule has 0 amide bonds. The van der Waals surface area contributed by atoms with E-state index in [1.165, 1.54) is 0 Å². The van der Waals surface area contributed by atoms with Gasteiger partial charge in [-0.05, 0) is 6.92 Å². The lowest BCUT2D eigenvalue weighted by Crippen LogP contribution is -2.20. The number of imidazole rings is 1. The van der Waals surface area contributed by atoms with Crippen LogP contribution in [0.5, 0.6) is 0 Å². The molecule has 0 aliphatic rings. The molecule has 17 heavy (non-hydrogen) atoms. The van der Waals surface area contributed by atoms with Gasteiger partial charge in [0.2, 0.25) is 0 Å². The highest BCUT2D eigenvalue weighted by atomic mass is 15.3. The first-order chi connectivity index (χ1) is 8.31. The van der Waals surface area contributed by atoms with Crippen LogP contribution in [0.2, 0.25) is 0 Å². The predicted octanol–water partition coefficient (Wildman–Crippen LogP) is 0.364. The van der Waals surface area contributed by atoms with E-state index >= 15 is 0 Å². The van der Waals surface area contributed by atoms with Gasteiger partial charge in [-0.1, -0.05) is 0 Å². The van der Waals surface area contributed by atoms with Crippen molar-refractivity contribution in [3.05, 3.63) is 30.4 Å². The largest absolute Gasteiger partial charge is 0.338 e. The summed E-state index contributed by atoms with van der Waals surface area (Å²) in [5.74, 6) is 2.07. The molecular weight excluding hydrogens is 216 g/mol. The predicted molar refractivity (Wildman–Crippen MR) is 64.3 cm³/mol. The Labute approximate surface area is 101 Å². The molecule has 0 atom stereocenters. The number of nitrogens with zero attached hydrogens (tertiary/aromatic N) is 5. The van der Waals surface area contributed by atoms with Crippen LogP contribution in [0, 0.1) is 0 Å². The number of rotatable bonds is 6. The molecule has 0 fully saturated rings. The summed E-state index contributed by atoms with van der Waals surface area (Å²) in [4.78, 5) is 8.48. The molecule has 2 heterocycles. The van der Waals surface area contributed by atoms with Gasteiger partial charge in [-0.2, -0.15) is 5.10 Å². The van der Waals surface area contributed by atoms with Crippen LogP contribution in [-0.2, 0) is 26.6 Å². The molecule has 2 aromatic rings. The minimum Gasteiger partial charge on any atom is -0.338 e. The van der Waals surface area contributed by atoms with Crippen LogP contribution >= 0.6 is 0 Å². The van der Waals surface area contributed by atoms with Crippen molar-refractivity contribution in [2.45, 2.75) is 26.4 Å². The summed E-state index contributed by atoms with van der Waals surface area (Å²) in [5.41, 5.74) is 0. The smallest absolute Gasteiger partial charge is 0.140 e. The highest BCUT2D eigenvalue weighted by molar-refractivity contribution is 4.92. The summed E-state index contributed by atoms with van der Waals surface area (Å²) in [5, 5.41) is 7.48. The molecule has 0 spiro atoms. The molecular formula is C11H18N6. The lowest BCUT2D eigenvalue weighted by Gasteiger charge is -2.05. The van der Waals surface area contributed by atoms with Gasteiger partial charge >= 0.3 is 0 Å². The first-order valence-corrected chi connectivity index (χ1v) is 5.85. The summed E-state index contributed by atoms with van der Waals surface area (Å²) < 4.78 is 3.93. The second-order valence-electron chi connectivity index (χ2n) is 3.87. The molecule has 1 N–H and O–H groups in total. The Morgan fingerprint density at radius 2 is 2.18 bits per heavy atom. The van der Waals surface area contributed by atoms with E-state index in [2.05, 4.69) is 27.3 Å². The van der Waals surface area contributed by atoms with Gasteiger partial charge in [0.15, 0.2) is 0 Å². The molecule has 92 valence electrons. The maximum absolute atomic E-state index is 4.27. The fraction of sp³-hybridized carbons (Fsp3) is 0.545. The molecule has 0 bridgehead atoms. The van der Waals surface area contributed by atoms with E-state index in [9.17, 15) is 0 Å². The van der Waals surface area contributed by atoms with Gasteiger partial charge in [0.25, 0.3) is 0 Å². The molecule has 6 heteroatoms. The van der Waals surface area contributed by atoms with Crippen LogP contribution in [0.3, 0.4) is 0 Å². The lowest BCUT2D eigenvalue weighted by molar-refractivity contribution is 0.568. The van der Waals surface area contributed by atoms with Crippen molar-refractivity contribution in [2.75, 3.05) is 6.54 Å². The van der Waals surface area contributed by atoms with Crippen molar-refractivity contribution in [1.29, 1.82) is 0 Å². The van der Waals surface area contributed by atoms with E-state index in [0.717, 1.165) is 37.7 Å². The Morgan fingerprint density at radius 1 is 1.29 bits per heavy atom. The number of hydrogen-bond acceptors (Lipinski definition) is 4. The van der Waals surface area contributed by atoms with Gasteiger partial charge in [0.1, 0.15) is 18.0 Å². The van der Waals surface area contributed by atoms with Gasteiger partial charge in [0.05, 0.1) is 6.54 Å². The molecule has 0 aliphatic heterocycles. The fourth-order valence-electron chi connectivity index (χ4n) is 1.73. The van der Waals surface area contributed by atoms with E-state index in [1.807, 2.05) is 28.7 Å². The SMILES string of the molecule is CCn1ncnc1CNCCc1nccn1C. The number of aryl methyl sites for hydroxylation is 2. The van der Waals surface area contributed by atoms with Crippen molar-refractivity contribution >= 4 is 0 Å². The summed E-state index contributed by atoms with van der Waals surface area (Å²) >= 11 is 0. The topological polar surface area (TPSA) is 60.6 Å². The third-order valence-electron chi connectivity index (χ3n) is 2.72. The molecule has 2 aromatic heterocycles. The van der Waals surface area contributed by atoms with E-state index in [1.54, 1.807) is 6.33 Å². The molecule has 6 nitrogen and oxygen atoms in total. The summed E-state index contributed by atoms with van der Waals surface area (Å²) in [7, 11) is 2.01. The van der Waals surface area contributed by atoms with E-state index in [-0.39, 0.29) is 0 Å². The average molecular weight is 234 g/mol. The van der Waals surface area contributed by atoms with Crippen LogP contribution < -0.4 is 5.32 Å². The van der Waals surface area contributed by atoms with E-state index < -0.39 is 0 Å². The average Bonchev–Trinajstić information content (AvgIpc) is 2.93. The summed E-state index contributed by atoms with van der Waals surface area (Å²) in [6.07, 6.45) is 6.30. The number of aromatic nitrogens is 5. The van der Waals surface area contributed by atoms with Crippen molar-refractivity contribution in [1.82, 2.24) is 29.6 Å². The van der Waals surface area contributed by atoms with E-state index in [0.29, 0.717) is 0 Å². The van der Waals surface area contributed by atoms with Gasteiger partial charge in [-0.3, -0.25) is 0 Å². The van der Waals surface area contributed by atoms with Crippen molar-refractivity contribution in [3.63, 3.8) is 0 Å². The molecule has 0 unspecified atom stereocenters. The van der Waals surface area contributed by atoms with Crippen LogP contribution in [0.1, 0.15) is 18.6 Å². The molecule has 0 saturated heterocycles. The van der Waals surface area contributed by atoms with Crippen LogP contribution in [-0.4, -0.2) is 30.9 Å². The Kier molecular flexibility index (Phi) is 3.87. The molecule has 0 aliphatic carbocycles. The quantitative estimate of drug-likeness (QED) is 0.733. The summed E-state index contributed by atoms with van der Waals surface area (Å²) in [6, 6.07) is 0. The number of hydrogen-bond donors (Lipinski definition) is 1. The zero-order valence-electron chi connectivity index (χ0n) is 10.3. The van der Waals surface area contributed by atoms with Crippen molar-refractivity contribution in [2.24, 2.45) is 7.05 Å². The Balaban J connectivity index is 1.75. The highest BCUT2D eigenvalue weighted by Crippen LogP contribution is 1.96. The fourth-order valence-corrected chi connectivity index (χ4v) is 1.73. The normalized spacial score (nSPS) is 10.9. The highest BCUT2D eigenvalue weighted by Gasteiger charge is 2.02. The Hall–Kier alpha value is -1.69. The van der Waals surface area contributed by atoms with Crippen molar-refractivity contribution in [3.8, 4) is 0 Å². The standard InChI is InChI=1S/C11H18N6/c1-3-17-11(14-9-15-17)8-12-5-4-10-13-6-7-16(10)2/h6-7,9,12H,3-5,8H2,1-2H3. The van der Waals surface area contributed by atoms with Crippen LogP contribution in [0.4, 0.5) is 0 Å². The van der Waals surface area contributed by atoms with Gasteiger partial charge in [-0.15, -0.1) is 0 Å². The second-order valence-corrected chi connectivity index (χ2v) is 3.87. The number of nitrogens with one attached hydrogen (secondary N) is 1. The molecule has 2 rings (SSSR count). The summed E-state index contributed by atoms with van der Waals surface area (Å²) in [6.45, 7) is 4.56. The molecule has 0 radical (unpaired) electrons. The molecule has 0 aromatic carbocycles. The first kappa shape index (κ1) is 11.8. The zero-order chi connectivity index (χ0) is 12.1. The minimum atomic E-state index is 0.748.